The van der Waals surface area contributed by atoms with Crippen molar-refractivity contribution in [2.75, 3.05) is 0 Å². The van der Waals surface area contributed by atoms with Gasteiger partial charge in [-0.15, -0.1) is 0 Å². The maximum atomic E-state index is 11.8. The van der Waals surface area contributed by atoms with Gasteiger partial charge in [0.15, 0.2) is 0 Å². The van der Waals surface area contributed by atoms with Gasteiger partial charge in [-0.05, 0) is 55.7 Å². The number of hydrogen-bond acceptors (Lipinski definition) is 3. The van der Waals surface area contributed by atoms with E-state index in [4.69, 9.17) is 25.2 Å². The molecule has 4 nitrogen and oxygen atoms in total. The zero-order valence-electron chi connectivity index (χ0n) is 14.7. The molecule has 25 heavy (non-hydrogen) atoms. The Morgan fingerprint density at radius 1 is 1.24 bits per heavy atom. The summed E-state index contributed by atoms with van der Waals surface area (Å²) in [5.74, 6) is -0.835. The van der Waals surface area contributed by atoms with Crippen molar-refractivity contribution in [2.45, 2.75) is 69.4 Å². The number of aliphatic carboxylic acids is 1. The predicted molar refractivity (Wildman–Crippen MR) is 103 cm³/mol. The minimum Gasteiger partial charge on any atom is -0.480 e. The average molecular weight is 363 g/mol. The Labute approximate surface area is 156 Å². The quantitative estimate of drug-likeness (QED) is 0.464. The Morgan fingerprint density at radius 3 is 2.44 bits per heavy atom. The first kappa shape index (κ1) is 20.3. The van der Waals surface area contributed by atoms with Gasteiger partial charge in [-0.3, -0.25) is 4.79 Å². The first-order valence-electron chi connectivity index (χ1n) is 9.16. The van der Waals surface area contributed by atoms with E-state index in [1.54, 1.807) is 0 Å². The van der Waals surface area contributed by atoms with Gasteiger partial charge >= 0.3 is 5.97 Å². The largest absolute Gasteiger partial charge is 0.480 e. The number of carboxylic acid groups (broad SMARTS) is 1. The number of rotatable bonds is 9. The van der Waals surface area contributed by atoms with Crippen molar-refractivity contribution in [2.24, 2.45) is 11.7 Å². The van der Waals surface area contributed by atoms with E-state index in [2.05, 4.69) is 5.32 Å². The van der Waals surface area contributed by atoms with Crippen LogP contribution in [0.25, 0.3) is 0 Å². The second-order valence-corrected chi connectivity index (χ2v) is 7.58. The Bertz CT molecular complexity index is 547. The Kier molecular flexibility index (Phi) is 7.79. The molecule has 0 amide bonds. The molecule has 0 saturated heterocycles. The number of carboxylic acids is 1. The first-order chi connectivity index (χ1) is 12.0. The second-order valence-electron chi connectivity index (χ2n) is 7.15. The maximum absolute atomic E-state index is 11.8. The van der Waals surface area contributed by atoms with Crippen molar-refractivity contribution in [1.29, 1.82) is 0 Å². The SMILES string of the molecule is [B]CCCC[C@@](N)(C(=O)O)C1CCC(NCc2ccc(Cl)cc2)CC1. The molecular formula is C19H28BClN2O2. The van der Waals surface area contributed by atoms with Crippen molar-refractivity contribution in [3.63, 3.8) is 0 Å². The van der Waals surface area contributed by atoms with Gasteiger partial charge in [0.05, 0.1) is 7.85 Å². The molecule has 1 fully saturated rings. The van der Waals surface area contributed by atoms with E-state index < -0.39 is 11.5 Å². The highest BCUT2D eigenvalue weighted by Gasteiger charge is 2.42. The van der Waals surface area contributed by atoms with E-state index >= 15 is 0 Å². The van der Waals surface area contributed by atoms with Gasteiger partial charge in [-0.25, -0.2) is 0 Å². The molecule has 2 rings (SSSR count). The van der Waals surface area contributed by atoms with Gasteiger partial charge in [0, 0.05) is 17.6 Å². The molecule has 4 N–H and O–H groups in total. The van der Waals surface area contributed by atoms with Gasteiger partial charge in [-0.1, -0.05) is 42.9 Å². The predicted octanol–water partition coefficient (Wildman–Crippen LogP) is 3.53. The summed E-state index contributed by atoms with van der Waals surface area (Å²) in [6.45, 7) is 0.801. The molecule has 1 atom stereocenters. The summed E-state index contributed by atoms with van der Waals surface area (Å²) >= 11 is 5.90. The van der Waals surface area contributed by atoms with E-state index in [9.17, 15) is 9.90 Å². The Morgan fingerprint density at radius 2 is 1.88 bits per heavy atom. The Balaban J connectivity index is 1.82. The number of unbranched alkanes of at least 4 members (excludes halogenated alkanes) is 1. The lowest BCUT2D eigenvalue weighted by Gasteiger charge is -2.39. The van der Waals surface area contributed by atoms with Crippen LogP contribution >= 0.6 is 11.6 Å². The maximum Gasteiger partial charge on any atom is 0.323 e. The molecule has 0 spiro atoms. The van der Waals surface area contributed by atoms with E-state index in [1.165, 1.54) is 5.56 Å². The molecule has 136 valence electrons. The van der Waals surface area contributed by atoms with E-state index in [0.717, 1.165) is 50.1 Å². The number of hydrogen-bond donors (Lipinski definition) is 3. The topological polar surface area (TPSA) is 75.4 Å². The third-order valence-corrected chi connectivity index (χ3v) is 5.66. The molecule has 1 saturated carbocycles. The molecular weight excluding hydrogens is 334 g/mol. The molecule has 2 radical (unpaired) electrons. The zero-order chi connectivity index (χ0) is 18.3. The Hall–Kier alpha value is -1.04. The zero-order valence-corrected chi connectivity index (χ0v) is 15.5. The molecule has 1 aliphatic rings. The summed E-state index contributed by atoms with van der Waals surface area (Å²) in [7, 11) is 5.52. The van der Waals surface area contributed by atoms with Crippen LogP contribution in [0.15, 0.2) is 24.3 Å². The lowest BCUT2D eigenvalue weighted by molar-refractivity contribution is -0.146. The lowest BCUT2D eigenvalue weighted by Crippen LogP contribution is -2.55. The van der Waals surface area contributed by atoms with Gasteiger partial charge in [-0.2, -0.15) is 0 Å². The van der Waals surface area contributed by atoms with Gasteiger partial charge < -0.3 is 16.2 Å². The number of benzene rings is 1. The van der Waals surface area contributed by atoms with Crippen LogP contribution in [0, 0.1) is 5.92 Å². The van der Waals surface area contributed by atoms with E-state index in [1.807, 2.05) is 24.3 Å². The third kappa shape index (κ3) is 5.73. The van der Waals surface area contributed by atoms with Crippen molar-refractivity contribution in [1.82, 2.24) is 5.32 Å². The van der Waals surface area contributed by atoms with Crippen LogP contribution in [-0.2, 0) is 11.3 Å². The van der Waals surface area contributed by atoms with Crippen molar-refractivity contribution in [3.8, 4) is 0 Å². The van der Waals surface area contributed by atoms with Gasteiger partial charge in [0.25, 0.3) is 0 Å². The minimum atomic E-state index is -1.11. The highest BCUT2D eigenvalue weighted by molar-refractivity contribution is 6.30. The number of carbonyl (C=O) groups is 1. The first-order valence-corrected chi connectivity index (χ1v) is 9.53. The van der Waals surface area contributed by atoms with Crippen molar-refractivity contribution < 1.29 is 9.90 Å². The monoisotopic (exact) mass is 362 g/mol. The van der Waals surface area contributed by atoms with Crippen molar-refractivity contribution in [3.05, 3.63) is 34.9 Å². The molecule has 1 aromatic rings. The van der Waals surface area contributed by atoms with Gasteiger partial charge in [0.2, 0.25) is 0 Å². The second kappa shape index (κ2) is 9.60. The van der Waals surface area contributed by atoms with Crippen LogP contribution in [0.3, 0.4) is 0 Å². The van der Waals surface area contributed by atoms with Gasteiger partial charge in [0.1, 0.15) is 5.54 Å². The van der Waals surface area contributed by atoms with Crippen LogP contribution in [0.1, 0.15) is 50.5 Å². The third-order valence-electron chi connectivity index (χ3n) is 5.41. The molecule has 6 heteroatoms. The normalized spacial score (nSPS) is 23.1. The lowest BCUT2D eigenvalue weighted by atomic mass is 9.71. The highest BCUT2D eigenvalue weighted by Crippen LogP contribution is 2.35. The average Bonchev–Trinajstić information content (AvgIpc) is 2.61. The fraction of sp³-hybridized carbons (Fsp3) is 0.632. The fourth-order valence-corrected chi connectivity index (χ4v) is 3.85. The number of nitrogens with one attached hydrogen (secondary N) is 1. The smallest absolute Gasteiger partial charge is 0.323 e. The number of halogens is 1. The minimum absolute atomic E-state index is 0.0383. The van der Waals surface area contributed by atoms with Crippen molar-refractivity contribution >= 4 is 25.4 Å². The standard InChI is InChI=1S/C19H28BClN2O2/c20-12-2-1-11-19(22,18(24)25)15-5-9-17(10-6-15)23-13-14-3-7-16(21)8-4-14/h3-4,7-8,15,17,23H,1-2,5-6,9-13,22H2,(H,24,25)/t15?,17?,19-/m0/s1. The van der Waals surface area contributed by atoms with Crippen LogP contribution in [0.4, 0.5) is 0 Å². The van der Waals surface area contributed by atoms with Crippen LogP contribution < -0.4 is 11.1 Å². The summed E-state index contributed by atoms with van der Waals surface area (Å²) in [6, 6.07) is 8.24. The fourth-order valence-electron chi connectivity index (χ4n) is 3.72. The van der Waals surface area contributed by atoms with Crippen LogP contribution in [0.5, 0.6) is 0 Å². The summed E-state index contributed by atoms with van der Waals surface area (Å²) < 4.78 is 0. The van der Waals surface area contributed by atoms with E-state index in [-0.39, 0.29) is 5.92 Å². The molecule has 1 aromatic carbocycles. The molecule has 0 bridgehead atoms. The summed E-state index contributed by atoms with van der Waals surface area (Å²) in [5.41, 5.74) is 6.39. The summed E-state index contributed by atoms with van der Waals surface area (Å²) in [4.78, 5) is 11.8. The molecule has 0 aliphatic heterocycles. The highest BCUT2D eigenvalue weighted by atomic mass is 35.5. The molecule has 0 aromatic heterocycles. The molecule has 0 heterocycles. The van der Waals surface area contributed by atoms with Crippen LogP contribution in [-0.4, -0.2) is 30.5 Å². The summed E-state index contributed by atoms with van der Waals surface area (Å²) in [6.07, 6.45) is 6.30. The number of nitrogens with two attached hydrogens (primary N) is 1. The molecule has 0 unspecified atom stereocenters. The van der Waals surface area contributed by atoms with Crippen LogP contribution in [0.2, 0.25) is 11.3 Å². The molecule has 1 aliphatic carbocycles. The van der Waals surface area contributed by atoms with E-state index in [0.29, 0.717) is 18.8 Å². The summed E-state index contributed by atoms with van der Waals surface area (Å²) in [5, 5.41) is 13.9.